The topological polar surface area (TPSA) is 38.9 Å². The number of nitrogens with two attached hydrogens (primary N) is 1. The normalized spacial score (nSPS) is 14.8. The summed E-state index contributed by atoms with van der Waals surface area (Å²) in [5, 5.41) is 0. The van der Waals surface area contributed by atoms with Crippen molar-refractivity contribution in [1.82, 2.24) is 4.98 Å². The standard InChI is InChI=1S/C14H12F4N2/c15-13(9-19,10-4-2-1-3-5-10)12-8-20-7-6-11(12)14(16,17)18/h1-8H,9,19H2. The fourth-order valence-electron chi connectivity index (χ4n) is 2.04. The number of alkyl halides is 4. The summed E-state index contributed by atoms with van der Waals surface area (Å²) >= 11 is 0. The van der Waals surface area contributed by atoms with Crippen LogP contribution in [0.5, 0.6) is 0 Å². The minimum atomic E-state index is -4.67. The average Bonchev–Trinajstić information content (AvgIpc) is 2.46. The molecule has 0 bridgehead atoms. The molecular formula is C14H12F4N2. The zero-order valence-corrected chi connectivity index (χ0v) is 10.4. The maximum absolute atomic E-state index is 15.1. The van der Waals surface area contributed by atoms with Crippen molar-refractivity contribution in [3.63, 3.8) is 0 Å². The van der Waals surface area contributed by atoms with Crippen molar-refractivity contribution in [2.45, 2.75) is 11.8 Å². The van der Waals surface area contributed by atoms with Crippen molar-refractivity contribution in [2.24, 2.45) is 5.73 Å². The van der Waals surface area contributed by atoms with Crippen LogP contribution in [0.2, 0.25) is 0 Å². The van der Waals surface area contributed by atoms with Gasteiger partial charge < -0.3 is 5.73 Å². The van der Waals surface area contributed by atoms with Gasteiger partial charge in [-0.15, -0.1) is 0 Å². The molecule has 1 atom stereocenters. The van der Waals surface area contributed by atoms with E-state index in [1.807, 2.05) is 0 Å². The number of benzene rings is 1. The monoisotopic (exact) mass is 284 g/mol. The van der Waals surface area contributed by atoms with E-state index < -0.39 is 29.5 Å². The number of pyridine rings is 1. The number of hydrogen-bond donors (Lipinski definition) is 1. The van der Waals surface area contributed by atoms with Crippen molar-refractivity contribution < 1.29 is 17.6 Å². The molecule has 106 valence electrons. The van der Waals surface area contributed by atoms with E-state index in [9.17, 15) is 13.2 Å². The second-order valence-electron chi connectivity index (χ2n) is 4.29. The molecule has 1 aromatic carbocycles. The van der Waals surface area contributed by atoms with Crippen molar-refractivity contribution in [1.29, 1.82) is 0 Å². The second-order valence-corrected chi connectivity index (χ2v) is 4.29. The third-order valence-corrected chi connectivity index (χ3v) is 3.07. The van der Waals surface area contributed by atoms with Crippen LogP contribution in [0.1, 0.15) is 16.7 Å². The Labute approximate surface area is 113 Å². The Kier molecular flexibility index (Phi) is 3.76. The van der Waals surface area contributed by atoms with Crippen LogP contribution >= 0.6 is 0 Å². The Morgan fingerprint density at radius 2 is 1.60 bits per heavy atom. The Morgan fingerprint density at radius 1 is 0.950 bits per heavy atom. The van der Waals surface area contributed by atoms with E-state index in [4.69, 9.17) is 5.73 Å². The van der Waals surface area contributed by atoms with Gasteiger partial charge in [0.05, 0.1) is 5.56 Å². The Hall–Kier alpha value is -1.95. The lowest BCUT2D eigenvalue weighted by molar-refractivity contribution is -0.139. The first-order chi connectivity index (χ1) is 9.39. The third-order valence-electron chi connectivity index (χ3n) is 3.07. The first kappa shape index (κ1) is 14.5. The summed E-state index contributed by atoms with van der Waals surface area (Å²) in [5.74, 6) is 0. The number of hydrogen-bond acceptors (Lipinski definition) is 2. The molecular weight excluding hydrogens is 272 g/mol. The van der Waals surface area contributed by atoms with Crippen LogP contribution in [-0.4, -0.2) is 11.5 Å². The van der Waals surface area contributed by atoms with E-state index in [2.05, 4.69) is 4.98 Å². The van der Waals surface area contributed by atoms with Gasteiger partial charge in [0.1, 0.15) is 0 Å². The number of halogens is 4. The molecule has 0 saturated carbocycles. The molecule has 1 unspecified atom stereocenters. The summed E-state index contributed by atoms with van der Waals surface area (Å²) in [5.41, 5.74) is 1.42. The molecule has 2 nitrogen and oxygen atoms in total. The van der Waals surface area contributed by atoms with E-state index in [1.165, 1.54) is 12.1 Å². The van der Waals surface area contributed by atoms with Gasteiger partial charge in [0.2, 0.25) is 0 Å². The van der Waals surface area contributed by atoms with Crippen LogP contribution in [-0.2, 0) is 11.8 Å². The van der Waals surface area contributed by atoms with Gasteiger partial charge in [-0.25, -0.2) is 4.39 Å². The molecule has 0 aliphatic rings. The molecule has 1 heterocycles. The molecule has 0 spiro atoms. The first-order valence-corrected chi connectivity index (χ1v) is 5.86. The largest absolute Gasteiger partial charge is 0.416 e. The first-order valence-electron chi connectivity index (χ1n) is 5.86. The van der Waals surface area contributed by atoms with Crippen molar-refractivity contribution in [3.8, 4) is 0 Å². The smallest absolute Gasteiger partial charge is 0.327 e. The predicted molar refractivity (Wildman–Crippen MR) is 66.6 cm³/mol. The van der Waals surface area contributed by atoms with Crippen molar-refractivity contribution >= 4 is 0 Å². The van der Waals surface area contributed by atoms with E-state index in [1.54, 1.807) is 18.2 Å². The minimum absolute atomic E-state index is 0.0704. The maximum atomic E-state index is 15.1. The average molecular weight is 284 g/mol. The zero-order valence-electron chi connectivity index (χ0n) is 10.4. The summed E-state index contributed by atoms with van der Waals surface area (Å²) in [7, 11) is 0. The van der Waals surface area contributed by atoms with Gasteiger partial charge >= 0.3 is 6.18 Å². The molecule has 0 aliphatic carbocycles. The zero-order chi connectivity index (χ0) is 14.8. The van der Waals surface area contributed by atoms with Crippen molar-refractivity contribution in [2.75, 3.05) is 6.54 Å². The van der Waals surface area contributed by atoms with Crippen molar-refractivity contribution in [3.05, 3.63) is 65.5 Å². The predicted octanol–water partition coefficient (Wildman–Crippen LogP) is 3.27. The molecule has 0 aliphatic heterocycles. The van der Waals surface area contributed by atoms with Crippen LogP contribution < -0.4 is 5.73 Å². The lowest BCUT2D eigenvalue weighted by Gasteiger charge is -2.27. The van der Waals surface area contributed by atoms with Crippen LogP contribution in [0.15, 0.2) is 48.8 Å². The lowest BCUT2D eigenvalue weighted by atomic mass is 9.86. The lowest BCUT2D eigenvalue weighted by Crippen LogP contribution is -2.34. The SMILES string of the molecule is NCC(F)(c1ccccc1)c1cnccc1C(F)(F)F. The molecule has 0 radical (unpaired) electrons. The maximum Gasteiger partial charge on any atom is 0.416 e. The number of nitrogens with zero attached hydrogens (tertiary/aromatic N) is 1. The minimum Gasteiger partial charge on any atom is -0.327 e. The van der Waals surface area contributed by atoms with Gasteiger partial charge in [-0.3, -0.25) is 4.98 Å². The van der Waals surface area contributed by atoms with E-state index in [0.29, 0.717) is 0 Å². The molecule has 1 aromatic heterocycles. The number of rotatable bonds is 3. The molecule has 2 rings (SSSR count). The quantitative estimate of drug-likeness (QED) is 0.879. The fraction of sp³-hybridized carbons (Fsp3) is 0.214. The van der Waals surface area contributed by atoms with Crippen LogP contribution in [0.3, 0.4) is 0 Å². The summed E-state index contributed by atoms with van der Waals surface area (Å²) < 4.78 is 54.1. The molecule has 20 heavy (non-hydrogen) atoms. The van der Waals surface area contributed by atoms with Gasteiger partial charge in [0.15, 0.2) is 5.67 Å². The van der Waals surface area contributed by atoms with E-state index >= 15 is 4.39 Å². The second kappa shape index (κ2) is 5.20. The summed E-state index contributed by atoms with van der Waals surface area (Å²) in [6.07, 6.45) is -2.81. The molecule has 0 saturated heterocycles. The van der Waals surface area contributed by atoms with Gasteiger partial charge in [0, 0.05) is 24.5 Å². The van der Waals surface area contributed by atoms with E-state index in [0.717, 1.165) is 18.5 Å². The number of aromatic nitrogens is 1. The fourth-order valence-corrected chi connectivity index (χ4v) is 2.04. The summed E-state index contributed by atoms with van der Waals surface area (Å²) in [6, 6.07) is 8.29. The molecule has 2 aromatic rings. The van der Waals surface area contributed by atoms with Crippen LogP contribution in [0.25, 0.3) is 0 Å². The van der Waals surface area contributed by atoms with Gasteiger partial charge in [-0.2, -0.15) is 13.2 Å². The molecule has 0 fully saturated rings. The van der Waals surface area contributed by atoms with Gasteiger partial charge in [-0.1, -0.05) is 30.3 Å². The summed E-state index contributed by atoms with van der Waals surface area (Å²) in [4.78, 5) is 3.60. The molecule has 6 heteroatoms. The molecule has 0 amide bonds. The highest BCUT2D eigenvalue weighted by Crippen LogP contribution is 2.40. The van der Waals surface area contributed by atoms with E-state index in [-0.39, 0.29) is 5.56 Å². The van der Waals surface area contributed by atoms with Gasteiger partial charge in [-0.05, 0) is 11.6 Å². The molecule has 2 N–H and O–H groups in total. The van der Waals surface area contributed by atoms with Gasteiger partial charge in [0.25, 0.3) is 0 Å². The highest BCUT2D eigenvalue weighted by atomic mass is 19.4. The Balaban J connectivity index is 2.64. The summed E-state index contributed by atoms with van der Waals surface area (Å²) in [6.45, 7) is -0.605. The Bertz CT molecular complexity index is 583. The Morgan fingerprint density at radius 3 is 2.15 bits per heavy atom. The van der Waals surface area contributed by atoms with Crippen LogP contribution in [0.4, 0.5) is 17.6 Å². The third kappa shape index (κ3) is 2.51. The highest BCUT2D eigenvalue weighted by molar-refractivity contribution is 5.41. The van der Waals surface area contributed by atoms with Crippen LogP contribution in [0, 0.1) is 0 Å². The highest BCUT2D eigenvalue weighted by Gasteiger charge is 2.42.